The van der Waals surface area contributed by atoms with Gasteiger partial charge in [-0.15, -0.1) is 0 Å². The molecular formula is C14H23N3O. The average Bonchev–Trinajstić information content (AvgIpc) is 2.38. The Labute approximate surface area is 109 Å². The fourth-order valence-electron chi connectivity index (χ4n) is 1.53. The lowest BCUT2D eigenvalue weighted by atomic mass is 10.1. The molecule has 1 atom stereocenters. The highest BCUT2D eigenvalue weighted by molar-refractivity contribution is 5.78. The lowest BCUT2D eigenvalue weighted by Crippen LogP contribution is -2.38. The molecule has 4 heteroatoms. The number of nitrogens with two attached hydrogens (primary N) is 1. The number of ether oxygens (including phenoxy) is 1. The second kappa shape index (κ2) is 7.58. The molecule has 0 bridgehead atoms. The molecule has 0 aromatic heterocycles. The maximum absolute atomic E-state index is 5.78. The molecule has 0 saturated heterocycles. The largest absolute Gasteiger partial charge is 0.497 e. The number of benzene rings is 1. The molecule has 4 nitrogen and oxygen atoms in total. The van der Waals surface area contributed by atoms with Crippen LogP contribution in [0.5, 0.6) is 5.75 Å². The molecule has 1 aromatic rings. The van der Waals surface area contributed by atoms with Crippen molar-refractivity contribution in [2.24, 2.45) is 10.7 Å². The molecule has 0 saturated carbocycles. The first kappa shape index (κ1) is 14.4. The molecule has 0 radical (unpaired) electrons. The van der Waals surface area contributed by atoms with Crippen LogP contribution in [-0.2, 0) is 6.42 Å². The Hall–Kier alpha value is -1.71. The molecule has 0 amide bonds. The molecule has 3 N–H and O–H groups in total. The number of nitrogens with one attached hydrogen (secondary N) is 1. The number of guanidine groups is 1. The minimum atomic E-state index is 0.366. The summed E-state index contributed by atoms with van der Waals surface area (Å²) < 4.78 is 5.18. The first-order valence-electron chi connectivity index (χ1n) is 6.35. The van der Waals surface area contributed by atoms with Gasteiger partial charge in [0.1, 0.15) is 5.75 Å². The Morgan fingerprint density at radius 3 is 2.94 bits per heavy atom. The van der Waals surface area contributed by atoms with Gasteiger partial charge in [-0.1, -0.05) is 19.1 Å². The van der Waals surface area contributed by atoms with Crippen LogP contribution in [0.1, 0.15) is 25.8 Å². The number of rotatable bonds is 6. The smallest absolute Gasteiger partial charge is 0.188 e. The van der Waals surface area contributed by atoms with Crippen molar-refractivity contribution in [3.8, 4) is 5.75 Å². The molecule has 100 valence electrons. The van der Waals surface area contributed by atoms with Gasteiger partial charge in [0.2, 0.25) is 0 Å². The van der Waals surface area contributed by atoms with Crippen molar-refractivity contribution in [2.75, 3.05) is 13.7 Å². The third kappa shape index (κ3) is 5.08. The zero-order valence-corrected chi connectivity index (χ0v) is 11.4. The van der Waals surface area contributed by atoms with E-state index in [9.17, 15) is 0 Å². The van der Waals surface area contributed by atoms with Gasteiger partial charge >= 0.3 is 0 Å². The van der Waals surface area contributed by atoms with Crippen molar-refractivity contribution in [1.29, 1.82) is 0 Å². The fourth-order valence-corrected chi connectivity index (χ4v) is 1.53. The monoisotopic (exact) mass is 249 g/mol. The van der Waals surface area contributed by atoms with E-state index in [2.05, 4.69) is 30.2 Å². The van der Waals surface area contributed by atoms with Crippen LogP contribution in [0.15, 0.2) is 29.3 Å². The Bertz CT molecular complexity index is 390. The van der Waals surface area contributed by atoms with Crippen LogP contribution in [0, 0.1) is 0 Å². The van der Waals surface area contributed by atoms with Crippen LogP contribution >= 0.6 is 0 Å². The topological polar surface area (TPSA) is 59.6 Å². The Kier molecular flexibility index (Phi) is 6.05. The summed E-state index contributed by atoms with van der Waals surface area (Å²) in [5.74, 6) is 1.40. The van der Waals surface area contributed by atoms with E-state index in [1.165, 1.54) is 5.56 Å². The number of methoxy groups -OCH3 is 1. The Balaban J connectivity index is 2.42. The van der Waals surface area contributed by atoms with E-state index in [0.29, 0.717) is 18.5 Å². The maximum atomic E-state index is 5.78. The van der Waals surface area contributed by atoms with Gasteiger partial charge in [0, 0.05) is 12.6 Å². The standard InChI is InChI=1S/C14H23N3O/c1-4-11(2)17-14(15)16-9-8-12-6-5-7-13(10-12)18-3/h5-7,10-11H,4,8-9H2,1-3H3,(H3,15,16,17). The lowest BCUT2D eigenvalue weighted by Gasteiger charge is -2.11. The van der Waals surface area contributed by atoms with Crippen molar-refractivity contribution < 1.29 is 4.74 Å². The van der Waals surface area contributed by atoms with Crippen molar-refractivity contribution >= 4 is 5.96 Å². The lowest BCUT2D eigenvalue weighted by molar-refractivity contribution is 0.414. The predicted octanol–water partition coefficient (Wildman–Crippen LogP) is 1.94. The molecule has 0 aliphatic rings. The van der Waals surface area contributed by atoms with Crippen molar-refractivity contribution in [3.05, 3.63) is 29.8 Å². The van der Waals surface area contributed by atoms with Gasteiger partial charge in [0.05, 0.1) is 7.11 Å². The van der Waals surface area contributed by atoms with Gasteiger partial charge in [0.25, 0.3) is 0 Å². The summed E-state index contributed by atoms with van der Waals surface area (Å²) in [5, 5.41) is 3.14. The molecule has 0 aliphatic carbocycles. The zero-order chi connectivity index (χ0) is 13.4. The minimum Gasteiger partial charge on any atom is -0.497 e. The predicted molar refractivity (Wildman–Crippen MR) is 76.1 cm³/mol. The summed E-state index contributed by atoms with van der Waals surface area (Å²) in [6, 6.07) is 8.37. The van der Waals surface area contributed by atoms with Gasteiger partial charge < -0.3 is 15.8 Å². The zero-order valence-electron chi connectivity index (χ0n) is 11.4. The molecule has 18 heavy (non-hydrogen) atoms. The van der Waals surface area contributed by atoms with Crippen LogP contribution in [0.4, 0.5) is 0 Å². The molecule has 1 rings (SSSR count). The van der Waals surface area contributed by atoms with Crippen LogP contribution in [-0.4, -0.2) is 25.7 Å². The Morgan fingerprint density at radius 2 is 2.28 bits per heavy atom. The molecule has 0 fully saturated rings. The molecule has 1 unspecified atom stereocenters. The number of hydrogen-bond donors (Lipinski definition) is 2. The third-order valence-corrected chi connectivity index (χ3v) is 2.82. The van der Waals surface area contributed by atoms with E-state index in [1.807, 2.05) is 18.2 Å². The van der Waals surface area contributed by atoms with E-state index in [0.717, 1.165) is 18.6 Å². The van der Waals surface area contributed by atoms with Crippen LogP contribution < -0.4 is 15.8 Å². The number of nitrogens with zero attached hydrogens (tertiary/aromatic N) is 1. The quantitative estimate of drug-likeness (QED) is 0.598. The number of hydrogen-bond acceptors (Lipinski definition) is 2. The van der Waals surface area contributed by atoms with E-state index in [4.69, 9.17) is 10.5 Å². The maximum Gasteiger partial charge on any atom is 0.188 e. The number of aliphatic imine (C=N–C) groups is 1. The van der Waals surface area contributed by atoms with E-state index in [1.54, 1.807) is 7.11 Å². The van der Waals surface area contributed by atoms with Gasteiger partial charge in [0.15, 0.2) is 5.96 Å². The van der Waals surface area contributed by atoms with Crippen LogP contribution in [0.3, 0.4) is 0 Å². The second-order valence-electron chi connectivity index (χ2n) is 4.32. The highest BCUT2D eigenvalue weighted by Crippen LogP contribution is 2.12. The molecule has 0 spiro atoms. The van der Waals surface area contributed by atoms with E-state index < -0.39 is 0 Å². The third-order valence-electron chi connectivity index (χ3n) is 2.82. The highest BCUT2D eigenvalue weighted by Gasteiger charge is 1.99. The normalized spacial score (nSPS) is 13.2. The fraction of sp³-hybridized carbons (Fsp3) is 0.500. The van der Waals surface area contributed by atoms with Gasteiger partial charge in [-0.25, -0.2) is 0 Å². The summed E-state index contributed by atoms with van der Waals surface area (Å²) in [6.07, 6.45) is 1.90. The molecular weight excluding hydrogens is 226 g/mol. The van der Waals surface area contributed by atoms with Crippen molar-refractivity contribution in [3.63, 3.8) is 0 Å². The Morgan fingerprint density at radius 1 is 1.50 bits per heavy atom. The SMILES string of the molecule is CCC(C)NC(N)=NCCc1cccc(OC)c1. The summed E-state index contributed by atoms with van der Waals surface area (Å²) in [5.41, 5.74) is 6.99. The van der Waals surface area contributed by atoms with Gasteiger partial charge in [-0.3, -0.25) is 4.99 Å². The van der Waals surface area contributed by atoms with Crippen LogP contribution in [0.25, 0.3) is 0 Å². The summed E-state index contributed by atoms with van der Waals surface area (Å²) in [4.78, 5) is 4.31. The first-order valence-corrected chi connectivity index (χ1v) is 6.35. The summed E-state index contributed by atoms with van der Waals surface area (Å²) in [7, 11) is 1.67. The first-order chi connectivity index (χ1) is 8.65. The molecule has 1 aromatic carbocycles. The minimum absolute atomic E-state index is 0.366. The average molecular weight is 249 g/mol. The summed E-state index contributed by atoms with van der Waals surface area (Å²) >= 11 is 0. The van der Waals surface area contributed by atoms with Gasteiger partial charge in [-0.2, -0.15) is 0 Å². The van der Waals surface area contributed by atoms with Crippen molar-refractivity contribution in [1.82, 2.24) is 5.32 Å². The van der Waals surface area contributed by atoms with Crippen LogP contribution in [0.2, 0.25) is 0 Å². The highest BCUT2D eigenvalue weighted by atomic mass is 16.5. The summed E-state index contributed by atoms with van der Waals surface area (Å²) in [6.45, 7) is 4.88. The van der Waals surface area contributed by atoms with E-state index in [-0.39, 0.29) is 0 Å². The van der Waals surface area contributed by atoms with Crippen molar-refractivity contribution in [2.45, 2.75) is 32.7 Å². The molecule has 0 heterocycles. The second-order valence-corrected chi connectivity index (χ2v) is 4.32. The van der Waals surface area contributed by atoms with E-state index >= 15 is 0 Å². The van der Waals surface area contributed by atoms with Gasteiger partial charge in [-0.05, 0) is 37.5 Å². The molecule has 0 aliphatic heterocycles.